The van der Waals surface area contributed by atoms with Gasteiger partial charge in [-0.2, -0.15) is 5.10 Å². The molecule has 0 aliphatic carbocycles. The quantitative estimate of drug-likeness (QED) is 0.420. The maximum atomic E-state index is 4.78. The van der Waals surface area contributed by atoms with Gasteiger partial charge in [0.15, 0.2) is 5.96 Å². The van der Waals surface area contributed by atoms with E-state index in [1.54, 1.807) is 0 Å². The Morgan fingerprint density at radius 2 is 2.04 bits per heavy atom. The number of aryl methyl sites for hydroxylation is 2. The lowest BCUT2D eigenvalue weighted by Crippen LogP contribution is -2.47. The van der Waals surface area contributed by atoms with Crippen molar-refractivity contribution in [2.75, 3.05) is 19.6 Å². The van der Waals surface area contributed by atoms with E-state index in [9.17, 15) is 0 Å². The molecule has 0 radical (unpaired) electrons. The third kappa shape index (κ3) is 5.97. The summed E-state index contributed by atoms with van der Waals surface area (Å²) in [6, 6.07) is 1.50. The van der Waals surface area contributed by atoms with Gasteiger partial charge in [0.05, 0.1) is 6.54 Å². The molecule has 1 aliphatic heterocycles. The predicted octanol–water partition coefficient (Wildman–Crippen LogP) is 1.97. The van der Waals surface area contributed by atoms with Crippen LogP contribution >= 0.6 is 0 Å². The second-order valence-corrected chi connectivity index (χ2v) is 7.68. The third-order valence-electron chi connectivity index (χ3n) is 4.82. The van der Waals surface area contributed by atoms with Crippen molar-refractivity contribution in [3.05, 3.63) is 11.6 Å². The molecule has 0 aromatic carbocycles. The number of hydrogen-bond donors (Lipinski definition) is 2. The summed E-state index contributed by atoms with van der Waals surface area (Å²) in [7, 11) is 0. The highest BCUT2D eigenvalue weighted by Gasteiger charge is 2.21. The Morgan fingerprint density at radius 3 is 2.69 bits per heavy atom. The average molecular weight is 364 g/mol. The predicted molar refractivity (Wildman–Crippen MR) is 108 cm³/mol. The van der Waals surface area contributed by atoms with E-state index >= 15 is 0 Å². The third-order valence-corrected chi connectivity index (χ3v) is 4.82. The Morgan fingerprint density at radius 1 is 1.31 bits per heavy atom. The first-order chi connectivity index (χ1) is 12.4. The van der Waals surface area contributed by atoms with Gasteiger partial charge in [0, 0.05) is 44.2 Å². The van der Waals surface area contributed by atoms with E-state index in [2.05, 4.69) is 60.2 Å². The van der Waals surface area contributed by atoms with Gasteiger partial charge in [-0.05, 0) is 54.4 Å². The van der Waals surface area contributed by atoms with E-state index in [1.807, 2.05) is 11.6 Å². The van der Waals surface area contributed by atoms with Crippen LogP contribution in [0, 0.1) is 6.92 Å². The standard InChI is InChI=1S/C19H37N7/c1-7-20-19(21-11-8-12-25(14(2)3)15(4)5)23-17-9-10-18-22-16(6)24-26(18)13-17/h14-15,17H,7-13H2,1-6H3,(H2,20,21,23). The fourth-order valence-electron chi connectivity index (χ4n) is 3.62. The van der Waals surface area contributed by atoms with Crippen molar-refractivity contribution < 1.29 is 0 Å². The largest absolute Gasteiger partial charge is 0.357 e. The number of aliphatic imine (C=N–C) groups is 1. The fraction of sp³-hybridized carbons (Fsp3) is 0.842. The molecule has 0 saturated heterocycles. The number of nitrogens with one attached hydrogen (secondary N) is 2. The van der Waals surface area contributed by atoms with Gasteiger partial charge in [0.25, 0.3) is 0 Å². The highest BCUT2D eigenvalue weighted by Crippen LogP contribution is 2.12. The molecule has 7 heteroatoms. The van der Waals surface area contributed by atoms with Crippen LogP contribution in [0.2, 0.25) is 0 Å². The first-order valence-electron chi connectivity index (χ1n) is 10.1. The number of hydrogen-bond acceptors (Lipinski definition) is 4. The molecule has 1 aromatic heterocycles. The SMILES string of the molecule is CCNC(=NCCCN(C(C)C)C(C)C)NC1CCc2nc(C)nn2C1. The van der Waals surface area contributed by atoms with E-state index in [-0.39, 0.29) is 0 Å². The summed E-state index contributed by atoms with van der Waals surface area (Å²) in [4.78, 5) is 11.8. The molecule has 148 valence electrons. The second-order valence-electron chi connectivity index (χ2n) is 7.68. The Labute approximate surface area is 158 Å². The molecule has 0 bridgehead atoms. The molecule has 0 saturated carbocycles. The summed E-state index contributed by atoms with van der Waals surface area (Å²) in [6.07, 6.45) is 3.11. The molecule has 7 nitrogen and oxygen atoms in total. The zero-order chi connectivity index (χ0) is 19.1. The number of aromatic nitrogens is 3. The summed E-state index contributed by atoms with van der Waals surface area (Å²) in [5.74, 6) is 2.88. The smallest absolute Gasteiger partial charge is 0.191 e. The first kappa shape index (κ1) is 20.7. The van der Waals surface area contributed by atoms with Crippen molar-refractivity contribution in [3.8, 4) is 0 Å². The van der Waals surface area contributed by atoms with Crippen LogP contribution in [0.3, 0.4) is 0 Å². The maximum absolute atomic E-state index is 4.78. The van der Waals surface area contributed by atoms with Gasteiger partial charge in [0.2, 0.25) is 0 Å². The Kier molecular flexibility index (Phi) is 7.87. The van der Waals surface area contributed by atoms with Gasteiger partial charge in [-0.3, -0.25) is 9.89 Å². The van der Waals surface area contributed by atoms with Crippen LogP contribution in [0.5, 0.6) is 0 Å². The molecule has 1 atom stereocenters. The topological polar surface area (TPSA) is 70.4 Å². The van der Waals surface area contributed by atoms with Crippen LogP contribution < -0.4 is 10.6 Å². The zero-order valence-corrected chi connectivity index (χ0v) is 17.4. The van der Waals surface area contributed by atoms with Crippen LogP contribution in [-0.2, 0) is 13.0 Å². The highest BCUT2D eigenvalue weighted by atomic mass is 15.4. The van der Waals surface area contributed by atoms with Crippen molar-refractivity contribution in [3.63, 3.8) is 0 Å². The molecule has 1 unspecified atom stereocenters. The Bertz CT molecular complexity index is 568. The van der Waals surface area contributed by atoms with Crippen LogP contribution in [0.15, 0.2) is 4.99 Å². The van der Waals surface area contributed by atoms with E-state index < -0.39 is 0 Å². The van der Waals surface area contributed by atoms with Crippen molar-refractivity contribution >= 4 is 5.96 Å². The molecule has 2 heterocycles. The average Bonchev–Trinajstić information content (AvgIpc) is 2.93. The molecule has 0 amide bonds. The van der Waals surface area contributed by atoms with E-state index in [0.717, 1.165) is 63.0 Å². The van der Waals surface area contributed by atoms with Crippen molar-refractivity contribution in [1.82, 2.24) is 30.3 Å². The summed E-state index contributed by atoms with van der Waals surface area (Å²) in [5, 5.41) is 11.4. The number of fused-ring (bicyclic) bond motifs is 1. The van der Waals surface area contributed by atoms with Crippen molar-refractivity contribution in [1.29, 1.82) is 0 Å². The van der Waals surface area contributed by atoms with Crippen molar-refractivity contribution in [2.24, 2.45) is 4.99 Å². The molecule has 0 spiro atoms. The molecular weight excluding hydrogens is 326 g/mol. The Balaban J connectivity index is 1.85. The van der Waals surface area contributed by atoms with E-state index in [1.165, 1.54) is 0 Å². The number of nitrogens with zero attached hydrogens (tertiary/aromatic N) is 5. The lowest BCUT2D eigenvalue weighted by atomic mass is 10.1. The molecule has 1 aromatic rings. The summed E-state index contributed by atoms with van der Waals surface area (Å²) in [6.45, 7) is 16.8. The van der Waals surface area contributed by atoms with Crippen LogP contribution in [0.25, 0.3) is 0 Å². The zero-order valence-electron chi connectivity index (χ0n) is 17.4. The molecular formula is C19H37N7. The molecule has 0 fully saturated rings. The first-order valence-corrected chi connectivity index (χ1v) is 10.1. The van der Waals surface area contributed by atoms with E-state index in [0.29, 0.717) is 18.1 Å². The van der Waals surface area contributed by atoms with Gasteiger partial charge < -0.3 is 10.6 Å². The molecule has 2 rings (SSSR count). The minimum Gasteiger partial charge on any atom is -0.357 e. The Hall–Kier alpha value is -1.63. The number of rotatable bonds is 8. The summed E-state index contributed by atoms with van der Waals surface area (Å²) >= 11 is 0. The van der Waals surface area contributed by atoms with Gasteiger partial charge in [-0.25, -0.2) is 9.67 Å². The lowest BCUT2D eigenvalue weighted by molar-refractivity contribution is 0.174. The summed E-state index contributed by atoms with van der Waals surface area (Å²) < 4.78 is 2.03. The molecule has 1 aliphatic rings. The lowest BCUT2D eigenvalue weighted by Gasteiger charge is -2.30. The van der Waals surface area contributed by atoms with Gasteiger partial charge in [-0.1, -0.05) is 0 Å². The van der Waals surface area contributed by atoms with Gasteiger partial charge in [-0.15, -0.1) is 0 Å². The normalized spacial score (nSPS) is 17.9. The van der Waals surface area contributed by atoms with Crippen molar-refractivity contribution in [2.45, 2.75) is 85.5 Å². The molecule has 2 N–H and O–H groups in total. The van der Waals surface area contributed by atoms with Crippen LogP contribution in [0.4, 0.5) is 0 Å². The van der Waals surface area contributed by atoms with Crippen LogP contribution in [0.1, 0.15) is 59.1 Å². The minimum absolute atomic E-state index is 0.351. The second kappa shape index (κ2) is 9.90. The van der Waals surface area contributed by atoms with Gasteiger partial charge >= 0.3 is 0 Å². The van der Waals surface area contributed by atoms with Crippen LogP contribution in [-0.4, -0.2) is 63.4 Å². The van der Waals surface area contributed by atoms with E-state index in [4.69, 9.17) is 4.99 Å². The van der Waals surface area contributed by atoms with Gasteiger partial charge in [0.1, 0.15) is 11.6 Å². The minimum atomic E-state index is 0.351. The molecule has 26 heavy (non-hydrogen) atoms. The highest BCUT2D eigenvalue weighted by molar-refractivity contribution is 5.80. The number of guanidine groups is 1. The monoisotopic (exact) mass is 363 g/mol. The summed E-state index contributed by atoms with van der Waals surface area (Å²) in [5.41, 5.74) is 0. The maximum Gasteiger partial charge on any atom is 0.191 e. The fourth-order valence-corrected chi connectivity index (χ4v) is 3.62.